The SMILES string of the molecule is CCNC1(CC(N)=O)CCC(C)(C)C1. The van der Waals surface area contributed by atoms with E-state index in [2.05, 4.69) is 26.1 Å². The predicted octanol–water partition coefficient (Wildman–Crippen LogP) is 1.42. The summed E-state index contributed by atoms with van der Waals surface area (Å²) in [4.78, 5) is 11.0. The van der Waals surface area contributed by atoms with E-state index in [1.807, 2.05) is 0 Å². The van der Waals surface area contributed by atoms with Crippen molar-refractivity contribution in [2.75, 3.05) is 6.54 Å². The second-order valence-corrected chi connectivity index (χ2v) is 5.29. The van der Waals surface area contributed by atoms with Crippen LogP contribution in [0.2, 0.25) is 0 Å². The van der Waals surface area contributed by atoms with Gasteiger partial charge in [0.15, 0.2) is 0 Å². The predicted molar refractivity (Wildman–Crippen MR) is 57.9 cm³/mol. The maximum Gasteiger partial charge on any atom is 0.219 e. The molecule has 1 saturated carbocycles. The third-order valence-corrected chi connectivity index (χ3v) is 3.16. The fourth-order valence-electron chi connectivity index (χ4n) is 2.74. The summed E-state index contributed by atoms with van der Waals surface area (Å²) in [6.07, 6.45) is 3.77. The fourth-order valence-corrected chi connectivity index (χ4v) is 2.74. The molecule has 0 saturated heterocycles. The average molecular weight is 198 g/mol. The Kier molecular flexibility index (Phi) is 3.20. The van der Waals surface area contributed by atoms with Crippen molar-refractivity contribution >= 4 is 5.91 Å². The molecule has 0 aliphatic heterocycles. The Balaban J connectivity index is 2.69. The number of carbonyl (C=O) groups is 1. The van der Waals surface area contributed by atoms with E-state index in [0.717, 1.165) is 19.4 Å². The van der Waals surface area contributed by atoms with Gasteiger partial charge in [-0.15, -0.1) is 0 Å². The maximum atomic E-state index is 11.0. The number of primary amides is 1. The van der Waals surface area contributed by atoms with Gasteiger partial charge in [-0.2, -0.15) is 0 Å². The highest BCUT2D eigenvalue weighted by molar-refractivity contribution is 5.75. The van der Waals surface area contributed by atoms with Crippen molar-refractivity contribution in [3.05, 3.63) is 0 Å². The van der Waals surface area contributed by atoms with Crippen LogP contribution in [-0.4, -0.2) is 18.0 Å². The molecule has 3 heteroatoms. The highest BCUT2D eigenvalue weighted by Gasteiger charge is 2.43. The van der Waals surface area contributed by atoms with Gasteiger partial charge in [-0.3, -0.25) is 4.79 Å². The molecule has 0 aromatic carbocycles. The van der Waals surface area contributed by atoms with E-state index in [1.54, 1.807) is 0 Å². The number of nitrogens with one attached hydrogen (secondary N) is 1. The molecule has 1 amide bonds. The van der Waals surface area contributed by atoms with E-state index < -0.39 is 0 Å². The van der Waals surface area contributed by atoms with Crippen molar-refractivity contribution in [3.63, 3.8) is 0 Å². The molecular formula is C11H22N2O. The van der Waals surface area contributed by atoms with Gasteiger partial charge in [-0.1, -0.05) is 20.8 Å². The Labute approximate surface area is 86.4 Å². The van der Waals surface area contributed by atoms with Gasteiger partial charge in [0.2, 0.25) is 5.91 Å². The van der Waals surface area contributed by atoms with Crippen LogP contribution in [0.3, 0.4) is 0 Å². The molecule has 0 heterocycles. The summed E-state index contributed by atoms with van der Waals surface area (Å²) in [5.74, 6) is -0.191. The molecule has 0 radical (unpaired) electrons. The zero-order chi connectivity index (χ0) is 10.8. The summed E-state index contributed by atoms with van der Waals surface area (Å²) < 4.78 is 0. The van der Waals surface area contributed by atoms with Gasteiger partial charge in [-0.05, 0) is 31.2 Å². The van der Waals surface area contributed by atoms with Gasteiger partial charge in [0.1, 0.15) is 0 Å². The minimum atomic E-state index is -0.191. The van der Waals surface area contributed by atoms with Gasteiger partial charge in [-0.25, -0.2) is 0 Å². The number of hydrogen-bond acceptors (Lipinski definition) is 2. The van der Waals surface area contributed by atoms with Gasteiger partial charge in [0.25, 0.3) is 0 Å². The van der Waals surface area contributed by atoms with Gasteiger partial charge >= 0.3 is 0 Å². The molecule has 1 aliphatic rings. The summed E-state index contributed by atoms with van der Waals surface area (Å²) in [5.41, 5.74) is 5.62. The van der Waals surface area contributed by atoms with E-state index in [-0.39, 0.29) is 11.4 Å². The normalized spacial score (nSPS) is 30.5. The molecule has 14 heavy (non-hydrogen) atoms. The first-order chi connectivity index (χ1) is 6.39. The molecule has 82 valence electrons. The number of nitrogens with two attached hydrogens (primary N) is 1. The molecule has 0 spiro atoms. The molecule has 1 unspecified atom stereocenters. The Morgan fingerprint density at radius 3 is 2.43 bits per heavy atom. The summed E-state index contributed by atoms with van der Waals surface area (Å²) in [7, 11) is 0. The third kappa shape index (κ3) is 2.71. The summed E-state index contributed by atoms with van der Waals surface area (Å²) in [6.45, 7) is 7.50. The van der Waals surface area contributed by atoms with E-state index in [4.69, 9.17) is 5.73 Å². The molecule has 0 aromatic rings. The first kappa shape index (κ1) is 11.5. The second kappa shape index (κ2) is 3.89. The molecule has 3 N–H and O–H groups in total. The number of amides is 1. The van der Waals surface area contributed by atoms with Crippen molar-refractivity contribution in [2.45, 2.75) is 52.0 Å². The quantitative estimate of drug-likeness (QED) is 0.718. The van der Waals surface area contributed by atoms with Crippen molar-refractivity contribution < 1.29 is 4.79 Å². The van der Waals surface area contributed by atoms with Gasteiger partial charge < -0.3 is 11.1 Å². The van der Waals surface area contributed by atoms with Crippen molar-refractivity contribution in [1.82, 2.24) is 5.32 Å². The maximum absolute atomic E-state index is 11.0. The molecular weight excluding hydrogens is 176 g/mol. The zero-order valence-corrected chi connectivity index (χ0v) is 9.52. The smallest absolute Gasteiger partial charge is 0.219 e. The van der Waals surface area contributed by atoms with E-state index in [0.29, 0.717) is 11.8 Å². The minimum absolute atomic E-state index is 0.0237. The summed E-state index contributed by atoms with van der Waals surface area (Å²) in [5, 5.41) is 3.44. The Hall–Kier alpha value is -0.570. The fraction of sp³-hybridized carbons (Fsp3) is 0.909. The standard InChI is InChI=1S/C11H22N2O/c1-4-13-11(7-9(12)14)6-5-10(2,3)8-11/h13H,4-8H2,1-3H3,(H2,12,14). The van der Waals surface area contributed by atoms with Crippen molar-refractivity contribution in [1.29, 1.82) is 0 Å². The molecule has 1 aliphatic carbocycles. The third-order valence-electron chi connectivity index (χ3n) is 3.16. The van der Waals surface area contributed by atoms with Crippen LogP contribution in [-0.2, 0) is 4.79 Å². The minimum Gasteiger partial charge on any atom is -0.370 e. The number of rotatable bonds is 4. The van der Waals surface area contributed by atoms with Crippen LogP contribution < -0.4 is 11.1 Å². The Morgan fingerprint density at radius 2 is 2.07 bits per heavy atom. The molecule has 1 atom stereocenters. The average Bonchev–Trinajstić information content (AvgIpc) is 2.26. The highest BCUT2D eigenvalue weighted by Crippen LogP contribution is 2.44. The monoisotopic (exact) mass is 198 g/mol. The van der Waals surface area contributed by atoms with E-state index >= 15 is 0 Å². The lowest BCUT2D eigenvalue weighted by molar-refractivity contribution is -0.119. The summed E-state index contributed by atoms with van der Waals surface area (Å²) >= 11 is 0. The first-order valence-electron chi connectivity index (χ1n) is 5.42. The van der Waals surface area contributed by atoms with Gasteiger partial charge in [0, 0.05) is 12.0 Å². The highest BCUT2D eigenvalue weighted by atomic mass is 16.1. The molecule has 1 fully saturated rings. The van der Waals surface area contributed by atoms with Crippen molar-refractivity contribution in [3.8, 4) is 0 Å². The van der Waals surface area contributed by atoms with E-state index in [9.17, 15) is 4.79 Å². The van der Waals surface area contributed by atoms with Crippen LogP contribution >= 0.6 is 0 Å². The van der Waals surface area contributed by atoms with E-state index in [1.165, 1.54) is 6.42 Å². The largest absolute Gasteiger partial charge is 0.370 e. The lowest BCUT2D eigenvalue weighted by Crippen LogP contribution is -2.46. The van der Waals surface area contributed by atoms with Crippen LogP contribution in [0.25, 0.3) is 0 Å². The topological polar surface area (TPSA) is 55.1 Å². The van der Waals surface area contributed by atoms with Gasteiger partial charge in [0.05, 0.1) is 0 Å². The molecule has 3 nitrogen and oxygen atoms in total. The summed E-state index contributed by atoms with van der Waals surface area (Å²) in [6, 6.07) is 0. The number of carbonyl (C=O) groups excluding carboxylic acids is 1. The molecule has 1 rings (SSSR count). The van der Waals surface area contributed by atoms with Crippen molar-refractivity contribution in [2.24, 2.45) is 11.1 Å². The second-order valence-electron chi connectivity index (χ2n) is 5.29. The van der Waals surface area contributed by atoms with Crippen LogP contribution in [0.15, 0.2) is 0 Å². The first-order valence-corrected chi connectivity index (χ1v) is 5.42. The Bertz CT molecular complexity index is 225. The van der Waals surface area contributed by atoms with Crippen LogP contribution in [0, 0.1) is 5.41 Å². The molecule has 0 bridgehead atoms. The number of hydrogen-bond donors (Lipinski definition) is 2. The zero-order valence-electron chi connectivity index (χ0n) is 9.52. The Morgan fingerprint density at radius 1 is 1.43 bits per heavy atom. The lowest BCUT2D eigenvalue weighted by Gasteiger charge is -2.30. The van der Waals surface area contributed by atoms with Crippen LogP contribution in [0.5, 0.6) is 0 Å². The van der Waals surface area contributed by atoms with Crippen LogP contribution in [0.1, 0.15) is 46.5 Å². The molecule has 0 aromatic heterocycles. The van der Waals surface area contributed by atoms with Crippen LogP contribution in [0.4, 0.5) is 0 Å². The lowest BCUT2D eigenvalue weighted by atomic mass is 9.85.